The van der Waals surface area contributed by atoms with Crippen LogP contribution in [-0.2, 0) is 0 Å². The largest absolute Gasteiger partial charge is 0.458 e. The van der Waals surface area contributed by atoms with Crippen LogP contribution in [0.25, 0.3) is 11.1 Å². The molecule has 0 unspecified atom stereocenters. The summed E-state index contributed by atoms with van der Waals surface area (Å²) in [6.45, 7) is -0.127. The van der Waals surface area contributed by atoms with Crippen molar-refractivity contribution in [2.75, 3.05) is 14.7 Å². The fraction of sp³-hybridized carbons (Fsp3) is 0. The van der Waals surface area contributed by atoms with Gasteiger partial charge in [0.25, 0.3) is 6.71 Å². The van der Waals surface area contributed by atoms with Crippen LogP contribution < -0.4 is 35.8 Å². The van der Waals surface area contributed by atoms with E-state index in [1.165, 1.54) is 5.46 Å². The number of hydrogen-bond acceptors (Lipinski definition) is 4. The number of nitrogens with zero attached hydrogens (tertiary/aromatic N) is 3. The standard InChI is InChI=1S/C54H37BClN3O/c56-39-34-51-54-53(35-39)60-52-37-45(58(42-24-12-4-13-25-42)43-26-14-5-15-27-43)31-33-48(52)55(54)47-32-30-44(57(40-20-8-2-9-21-40)41-22-10-3-11-23-41)36-50(47)59(51)49-29-17-16-28-46(49)38-18-6-1-7-19-38/h1-37H. The van der Waals surface area contributed by atoms with Crippen molar-refractivity contribution in [2.45, 2.75) is 0 Å². The van der Waals surface area contributed by atoms with Crippen molar-refractivity contribution in [3.63, 3.8) is 0 Å². The lowest BCUT2D eigenvalue weighted by Crippen LogP contribution is -2.59. The SMILES string of the molecule is Clc1cc2c3c(c1)N(c1ccccc1-c1ccccc1)c1cc(N(c4ccccc4)c4ccccc4)ccc1B3c1ccc(N(c3ccccc3)c3ccccc3)cc1O2. The molecule has 2 aliphatic rings. The second-order valence-corrected chi connectivity index (χ2v) is 15.5. The summed E-state index contributed by atoms with van der Waals surface area (Å²) in [7, 11) is 0. The molecule has 6 heteroatoms. The van der Waals surface area contributed by atoms with Crippen LogP contribution in [0.3, 0.4) is 0 Å². The monoisotopic (exact) mass is 789 g/mol. The van der Waals surface area contributed by atoms with Gasteiger partial charge in [-0.2, -0.15) is 0 Å². The van der Waals surface area contributed by atoms with E-state index in [1.54, 1.807) is 0 Å². The van der Waals surface area contributed by atoms with E-state index in [-0.39, 0.29) is 6.71 Å². The zero-order valence-electron chi connectivity index (χ0n) is 32.6. The topological polar surface area (TPSA) is 19.0 Å². The highest BCUT2D eigenvalue weighted by molar-refractivity contribution is 6.99. The third-order valence-electron chi connectivity index (χ3n) is 11.5. The van der Waals surface area contributed by atoms with Gasteiger partial charge in [-0.25, -0.2) is 0 Å². The number of anilines is 9. The van der Waals surface area contributed by atoms with E-state index < -0.39 is 0 Å². The lowest BCUT2D eigenvalue weighted by atomic mass is 9.34. The molecule has 0 saturated heterocycles. The molecule has 60 heavy (non-hydrogen) atoms. The molecule has 0 atom stereocenters. The minimum atomic E-state index is -0.127. The molecule has 11 rings (SSSR count). The zero-order valence-corrected chi connectivity index (χ0v) is 33.3. The lowest BCUT2D eigenvalue weighted by Gasteiger charge is -2.41. The van der Waals surface area contributed by atoms with Crippen molar-refractivity contribution in [1.82, 2.24) is 0 Å². The number of ether oxygens (including phenoxy) is 1. The molecular formula is C54H37BClN3O. The van der Waals surface area contributed by atoms with Crippen LogP contribution in [0.2, 0.25) is 5.02 Å². The lowest BCUT2D eigenvalue weighted by molar-refractivity contribution is 0.487. The molecule has 9 aromatic rings. The average Bonchev–Trinajstić information content (AvgIpc) is 3.30. The van der Waals surface area contributed by atoms with Crippen molar-refractivity contribution < 1.29 is 4.74 Å². The van der Waals surface area contributed by atoms with E-state index in [0.717, 1.165) is 84.7 Å². The first kappa shape index (κ1) is 35.7. The molecule has 0 aromatic heterocycles. The van der Waals surface area contributed by atoms with Gasteiger partial charge in [-0.1, -0.05) is 145 Å². The third kappa shape index (κ3) is 6.19. The maximum Gasteiger partial charge on any atom is 0.256 e. The van der Waals surface area contributed by atoms with Crippen molar-refractivity contribution >= 4 is 85.9 Å². The Bertz CT molecular complexity index is 2910. The number of para-hydroxylation sites is 5. The summed E-state index contributed by atoms with van der Waals surface area (Å²) in [5, 5.41) is 0.606. The van der Waals surface area contributed by atoms with E-state index in [4.69, 9.17) is 16.3 Å². The molecule has 0 spiro atoms. The van der Waals surface area contributed by atoms with E-state index in [1.807, 2.05) is 18.2 Å². The molecule has 0 N–H and O–H groups in total. The third-order valence-corrected chi connectivity index (χ3v) is 11.7. The van der Waals surface area contributed by atoms with E-state index >= 15 is 0 Å². The van der Waals surface area contributed by atoms with Crippen molar-refractivity contribution in [3.8, 4) is 22.6 Å². The number of halogens is 1. The maximum atomic E-state index is 7.16. The van der Waals surface area contributed by atoms with Crippen LogP contribution in [0.5, 0.6) is 11.5 Å². The van der Waals surface area contributed by atoms with Crippen LogP contribution in [0.1, 0.15) is 0 Å². The fourth-order valence-electron chi connectivity index (χ4n) is 8.96. The normalized spacial score (nSPS) is 12.2. The molecule has 0 saturated carbocycles. The first-order valence-corrected chi connectivity index (χ1v) is 20.6. The van der Waals surface area contributed by atoms with Crippen molar-refractivity contribution in [1.29, 1.82) is 0 Å². The molecule has 0 amide bonds. The predicted molar refractivity (Wildman–Crippen MR) is 252 cm³/mol. The van der Waals surface area contributed by atoms with Gasteiger partial charge in [0.05, 0.1) is 5.69 Å². The Hall–Kier alpha value is -7.47. The molecular weight excluding hydrogens is 753 g/mol. The highest BCUT2D eigenvalue weighted by Gasteiger charge is 2.43. The molecule has 2 heterocycles. The summed E-state index contributed by atoms with van der Waals surface area (Å²) in [4.78, 5) is 6.99. The van der Waals surface area contributed by atoms with Gasteiger partial charge in [0.2, 0.25) is 0 Å². The first-order valence-electron chi connectivity index (χ1n) is 20.2. The summed E-state index contributed by atoms with van der Waals surface area (Å²) in [5.41, 5.74) is 15.1. The number of hydrogen-bond donors (Lipinski definition) is 0. The molecule has 0 aliphatic carbocycles. The fourth-order valence-corrected chi connectivity index (χ4v) is 9.16. The minimum Gasteiger partial charge on any atom is -0.458 e. The number of fused-ring (bicyclic) bond motifs is 4. The summed E-state index contributed by atoms with van der Waals surface area (Å²) in [6, 6.07) is 79.0. The molecule has 0 radical (unpaired) electrons. The van der Waals surface area contributed by atoms with E-state index in [2.05, 4.69) is 221 Å². The number of rotatable bonds is 8. The van der Waals surface area contributed by atoms with E-state index in [0.29, 0.717) is 5.02 Å². The van der Waals surface area contributed by atoms with Crippen molar-refractivity contribution in [2.24, 2.45) is 0 Å². The van der Waals surface area contributed by atoms with Gasteiger partial charge in [-0.15, -0.1) is 0 Å². The van der Waals surface area contributed by atoms with Crippen LogP contribution in [-0.4, -0.2) is 6.71 Å². The van der Waals surface area contributed by atoms with Gasteiger partial charge in [-0.05, 0) is 107 Å². The second-order valence-electron chi connectivity index (χ2n) is 15.1. The van der Waals surface area contributed by atoms with Crippen LogP contribution >= 0.6 is 11.6 Å². The van der Waals surface area contributed by atoms with E-state index in [9.17, 15) is 0 Å². The summed E-state index contributed by atoms with van der Waals surface area (Å²) >= 11 is 7.16. The second kappa shape index (κ2) is 15.0. The van der Waals surface area contributed by atoms with Gasteiger partial charge in [-0.3, -0.25) is 0 Å². The Morgan fingerprint density at radius 1 is 0.383 bits per heavy atom. The minimum absolute atomic E-state index is 0.127. The Kier molecular flexibility index (Phi) is 8.95. The first-order chi connectivity index (χ1) is 29.7. The zero-order chi connectivity index (χ0) is 40.0. The maximum absolute atomic E-state index is 7.16. The quantitative estimate of drug-likeness (QED) is 0.143. The Balaban J connectivity index is 1.15. The van der Waals surface area contributed by atoms with Gasteiger partial charge >= 0.3 is 0 Å². The molecule has 284 valence electrons. The average molecular weight is 790 g/mol. The Labute approximate surface area is 355 Å². The molecule has 4 nitrogen and oxygen atoms in total. The predicted octanol–water partition coefficient (Wildman–Crippen LogP) is 13.4. The summed E-state index contributed by atoms with van der Waals surface area (Å²) in [6.07, 6.45) is 0. The van der Waals surface area contributed by atoms with Crippen LogP contribution in [0.4, 0.5) is 51.2 Å². The Morgan fingerprint density at radius 2 is 0.867 bits per heavy atom. The van der Waals surface area contributed by atoms with Gasteiger partial charge in [0, 0.05) is 62.2 Å². The molecule has 0 fully saturated rings. The molecule has 0 bridgehead atoms. The van der Waals surface area contributed by atoms with Crippen molar-refractivity contribution in [3.05, 3.63) is 229 Å². The van der Waals surface area contributed by atoms with Crippen LogP contribution in [0.15, 0.2) is 224 Å². The highest BCUT2D eigenvalue weighted by atomic mass is 35.5. The highest BCUT2D eigenvalue weighted by Crippen LogP contribution is 2.48. The molecule has 9 aromatic carbocycles. The van der Waals surface area contributed by atoms with Gasteiger partial charge in [0.15, 0.2) is 0 Å². The van der Waals surface area contributed by atoms with Gasteiger partial charge in [0.1, 0.15) is 11.5 Å². The molecule has 2 aliphatic heterocycles. The van der Waals surface area contributed by atoms with Gasteiger partial charge < -0.3 is 19.4 Å². The number of benzene rings is 9. The Morgan fingerprint density at radius 3 is 1.43 bits per heavy atom. The smallest absolute Gasteiger partial charge is 0.256 e. The summed E-state index contributed by atoms with van der Waals surface area (Å²) in [5.74, 6) is 1.56. The summed E-state index contributed by atoms with van der Waals surface area (Å²) < 4.78 is 7.01. The van der Waals surface area contributed by atoms with Crippen LogP contribution in [0, 0.1) is 0 Å².